The topological polar surface area (TPSA) is 50.3 Å². The number of hydrogen-bond acceptors (Lipinski definition) is 5. The SMILES string of the molecule is COc1ccc(CN(C)c2nccc3cc(NC4CC4)ncc23)cc1. The van der Waals surface area contributed by atoms with Crippen molar-refractivity contribution in [2.24, 2.45) is 0 Å². The minimum absolute atomic E-state index is 0.601. The first-order chi connectivity index (χ1) is 12.2. The molecule has 2 heterocycles. The second-order valence-corrected chi connectivity index (χ2v) is 6.55. The second kappa shape index (κ2) is 6.59. The molecule has 0 spiro atoms. The molecule has 0 unspecified atom stereocenters. The molecule has 1 saturated carbocycles. The van der Waals surface area contributed by atoms with Crippen LogP contribution < -0.4 is 15.0 Å². The molecule has 1 aliphatic rings. The normalized spacial score (nSPS) is 13.7. The maximum Gasteiger partial charge on any atom is 0.138 e. The number of aromatic nitrogens is 2. The van der Waals surface area contributed by atoms with Crippen molar-refractivity contribution >= 4 is 22.4 Å². The summed E-state index contributed by atoms with van der Waals surface area (Å²) in [5, 5.41) is 5.68. The van der Waals surface area contributed by atoms with Gasteiger partial charge in [0.2, 0.25) is 0 Å². The summed E-state index contributed by atoms with van der Waals surface area (Å²) in [7, 11) is 3.74. The van der Waals surface area contributed by atoms with Crippen LogP contribution in [0.4, 0.5) is 11.6 Å². The molecular formula is C20H22N4O. The number of benzene rings is 1. The van der Waals surface area contributed by atoms with Crippen LogP contribution in [0.2, 0.25) is 0 Å². The Bertz CT molecular complexity index is 875. The smallest absolute Gasteiger partial charge is 0.138 e. The minimum atomic E-state index is 0.601. The quantitative estimate of drug-likeness (QED) is 0.742. The molecule has 0 saturated heterocycles. The van der Waals surface area contributed by atoms with Crippen molar-refractivity contribution in [3.05, 3.63) is 54.4 Å². The van der Waals surface area contributed by atoms with E-state index in [1.54, 1.807) is 7.11 Å². The summed E-state index contributed by atoms with van der Waals surface area (Å²) >= 11 is 0. The van der Waals surface area contributed by atoms with Crippen LogP contribution in [0, 0.1) is 0 Å². The van der Waals surface area contributed by atoms with Gasteiger partial charge in [-0.1, -0.05) is 12.1 Å². The number of pyridine rings is 2. The summed E-state index contributed by atoms with van der Waals surface area (Å²) in [6.45, 7) is 0.776. The fraction of sp³-hybridized carbons (Fsp3) is 0.300. The van der Waals surface area contributed by atoms with E-state index < -0.39 is 0 Å². The molecule has 1 aliphatic carbocycles. The standard InChI is InChI=1S/C20H22N4O/c1-24(13-14-3-7-17(25-2)8-4-14)20-18-12-22-19(23-16-5-6-16)11-15(18)9-10-21-20/h3-4,7-12,16H,5-6,13H2,1-2H3,(H,22,23). The van der Waals surface area contributed by atoms with Gasteiger partial charge in [0, 0.05) is 37.4 Å². The van der Waals surface area contributed by atoms with Gasteiger partial charge in [-0.05, 0) is 48.1 Å². The molecular weight excluding hydrogens is 312 g/mol. The highest BCUT2D eigenvalue weighted by Gasteiger charge is 2.21. The zero-order valence-electron chi connectivity index (χ0n) is 14.6. The van der Waals surface area contributed by atoms with Gasteiger partial charge < -0.3 is 15.0 Å². The third-order valence-corrected chi connectivity index (χ3v) is 4.50. The van der Waals surface area contributed by atoms with E-state index in [2.05, 4.69) is 45.4 Å². The van der Waals surface area contributed by atoms with Crippen molar-refractivity contribution < 1.29 is 4.74 Å². The molecule has 0 bridgehead atoms. The molecule has 25 heavy (non-hydrogen) atoms. The van der Waals surface area contributed by atoms with Crippen LogP contribution in [-0.2, 0) is 6.54 Å². The Morgan fingerprint density at radius 3 is 2.68 bits per heavy atom. The van der Waals surface area contributed by atoms with E-state index >= 15 is 0 Å². The van der Waals surface area contributed by atoms with E-state index in [0.717, 1.165) is 34.7 Å². The predicted molar refractivity (Wildman–Crippen MR) is 101 cm³/mol. The van der Waals surface area contributed by atoms with Crippen molar-refractivity contribution in [2.45, 2.75) is 25.4 Å². The molecule has 1 aromatic carbocycles. The van der Waals surface area contributed by atoms with Crippen molar-refractivity contribution in [2.75, 3.05) is 24.4 Å². The molecule has 2 aromatic heterocycles. The number of anilines is 2. The lowest BCUT2D eigenvalue weighted by Gasteiger charge is -2.20. The lowest BCUT2D eigenvalue weighted by Crippen LogP contribution is -2.18. The number of nitrogens with one attached hydrogen (secondary N) is 1. The fourth-order valence-electron chi connectivity index (χ4n) is 2.95. The van der Waals surface area contributed by atoms with Gasteiger partial charge in [-0.15, -0.1) is 0 Å². The van der Waals surface area contributed by atoms with Gasteiger partial charge in [0.15, 0.2) is 0 Å². The van der Waals surface area contributed by atoms with Crippen molar-refractivity contribution in [3.8, 4) is 5.75 Å². The molecule has 0 atom stereocenters. The van der Waals surface area contributed by atoms with Crippen LogP contribution in [0.3, 0.4) is 0 Å². The van der Waals surface area contributed by atoms with Crippen LogP contribution in [-0.4, -0.2) is 30.2 Å². The van der Waals surface area contributed by atoms with E-state index in [1.165, 1.54) is 18.4 Å². The summed E-state index contributed by atoms with van der Waals surface area (Å²) in [6.07, 6.45) is 6.27. The van der Waals surface area contributed by atoms with Crippen LogP contribution in [0.5, 0.6) is 5.75 Å². The summed E-state index contributed by atoms with van der Waals surface area (Å²) in [5.41, 5.74) is 1.21. The molecule has 0 amide bonds. The first kappa shape index (κ1) is 15.7. The van der Waals surface area contributed by atoms with Gasteiger partial charge in [-0.2, -0.15) is 0 Å². The van der Waals surface area contributed by atoms with Gasteiger partial charge in [-0.3, -0.25) is 0 Å². The van der Waals surface area contributed by atoms with Crippen LogP contribution in [0.15, 0.2) is 48.8 Å². The maximum absolute atomic E-state index is 5.22. The highest BCUT2D eigenvalue weighted by atomic mass is 16.5. The summed E-state index contributed by atoms with van der Waals surface area (Å²) < 4.78 is 5.22. The Hall–Kier alpha value is -2.82. The molecule has 0 radical (unpaired) electrons. The monoisotopic (exact) mass is 334 g/mol. The molecule has 0 aliphatic heterocycles. The summed E-state index contributed by atoms with van der Waals surface area (Å²) in [6, 6.07) is 12.9. The Labute approximate surface area is 147 Å². The van der Waals surface area contributed by atoms with Crippen LogP contribution >= 0.6 is 0 Å². The van der Waals surface area contributed by atoms with E-state index in [-0.39, 0.29) is 0 Å². The zero-order chi connectivity index (χ0) is 17.2. The van der Waals surface area contributed by atoms with E-state index in [4.69, 9.17) is 4.74 Å². The third kappa shape index (κ3) is 3.50. The highest BCUT2D eigenvalue weighted by molar-refractivity contribution is 5.92. The first-order valence-corrected chi connectivity index (χ1v) is 8.58. The van der Waals surface area contributed by atoms with Crippen molar-refractivity contribution in [1.82, 2.24) is 9.97 Å². The van der Waals surface area contributed by atoms with Gasteiger partial charge >= 0.3 is 0 Å². The lowest BCUT2D eigenvalue weighted by atomic mass is 10.1. The molecule has 1 fully saturated rings. The summed E-state index contributed by atoms with van der Waals surface area (Å²) in [5.74, 6) is 2.76. The van der Waals surface area contributed by atoms with E-state index in [9.17, 15) is 0 Å². The van der Waals surface area contributed by atoms with Gasteiger partial charge in [0.25, 0.3) is 0 Å². The lowest BCUT2D eigenvalue weighted by molar-refractivity contribution is 0.414. The molecule has 4 rings (SSSR count). The first-order valence-electron chi connectivity index (χ1n) is 8.58. The van der Waals surface area contributed by atoms with Gasteiger partial charge in [-0.25, -0.2) is 9.97 Å². The number of fused-ring (bicyclic) bond motifs is 1. The molecule has 128 valence electrons. The third-order valence-electron chi connectivity index (χ3n) is 4.50. The Kier molecular flexibility index (Phi) is 4.14. The van der Waals surface area contributed by atoms with E-state index in [0.29, 0.717) is 6.04 Å². The average Bonchev–Trinajstić information content (AvgIpc) is 3.45. The Balaban J connectivity index is 1.58. The predicted octanol–water partition coefficient (Wildman–Crippen LogP) is 3.85. The Morgan fingerprint density at radius 1 is 1.16 bits per heavy atom. The number of rotatable bonds is 6. The molecule has 5 nitrogen and oxygen atoms in total. The molecule has 5 heteroatoms. The number of methoxy groups -OCH3 is 1. The van der Waals surface area contributed by atoms with Crippen LogP contribution in [0.1, 0.15) is 18.4 Å². The average molecular weight is 334 g/mol. The summed E-state index contributed by atoms with van der Waals surface area (Å²) in [4.78, 5) is 11.3. The van der Waals surface area contributed by atoms with Gasteiger partial charge in [0.1, 0.15) is 17.4 Å². The Morgan fingerprint density at radius 2 is 1.96 bits per heavy atom. The van der Waals surface area contributed by atoms with E-state index in [1.807, 2.05) is 30.6 Å². The largest absolute Gasteiger partial charge is 0.497 e. The number of ether oxygens (including phenoxy) is 1. The number of hydrogen-bond donors (Lipinski definition) is 1. The maximum atomic E-state index is 5.22. The number of nitrogens with zero attached hydrogens (tertiary/aromatic N) is 3. The zero-order valence-corrected chi connectivity index (χ0v) is 14.6. The highest BCUT2D eigenvalue weighted by Crippen LogP contribution is 2.28. The van der Waals surface area contributed by atoms with Crippen molar-refractivity contribution in [3.63, 3.8) is 0 Å². The van der Waals surface area contributed by atoms with Gasteiger partial charge in [0.05, 0.1) is 7.11 Å². The fourth-order valence-corrected chi connectivity index (χ4v) is 2.95. The molecule has 3 aromatic rings. The van der Waals surface area contributed by atoms with Crippen molar-refractivity contribution in [1.29, 1.82) is 0 Å². The second-order valence-electron chi connectivity index (χ2n) is 6.55. The molecule has 1 N–H and O–H groups in total. The minimum Gasteiger partial charge on any atom is -0.497 e. The van der Waals surface area contributed by atoms with Crippen LogP contribution in [0.25, 0.3) is 10.8 Å².